The molecule has 1 atom stereocenters. The van der Waals surface area contributed by atoms with Crippen molar-refractivity contribution < 1.29 is 23.0 Å². The molecule has 0 aliphatic carbocycles. The Morgan fingerprint density at radius 2 is 2.03 bits per heavy atom. The molecular formula is C22H25F2N5O4S. The average molecular weight is 494 g/mol. The lowest BCUT2D eigenvalue weighted by Crippen LogP contribution is -2.43. The van der Waals surface area contributed by atoms with Gasteiger partial charge in [-0.25, -0.2) is 18.7 Å². The van der Waals surface area contributed by atoms with Crippen molar-refractivity contribution in [2.24, 2.45) is 0 Å². The van der Waals surface area contributed by atoms with Gasteiger partial charge in [0.25, 0.3) is 12.0 Å². The number of methoxy groups -OCH3 is 2. The number of carbonyl (C=O) groups excluding carboxylic acids is 1. The fraction of sp³-hybridized carbons (Fsp3) is 0.455. The van der Waals surface area contributed by atoms with Crippen molar-refractivity contribution >= 4 is 32.7 Å². The summed E-state index contributed by atoms with van der Waals surface area (Å²) in [5.41, 5.74) is 0.293. The van der Waals surface area contributed by atoms with Gasteiger partial charge in [0.05, 0.1) is 14.2 Å². The summed E-state index contributed by atoms with van der Waals surface area (Å²) in [4.78, 5) is 36.0. The molecule has 0 bridgehead atoms. The van der Waals surface area contributed by atoms with Crippen LogP contribution in [0.4, 0.5) is 13.9 Å². The molecule has 1 N–H and O–H groups in total. The van der Waals surface area contributed by atoms with E-state index in [4.69, 9.17) is 9.47 Å². The maximum atomic E-state index is 13.4. The quantitative estimate of drug-likeness (QED) is 0.515. The summed E-state index contributed by atoms with van der Waals surface area (Å²) in [6, 6.07) is 4.92. The summed E-state index contributed by atoms with van der Waals surface area (Å²) in [6.07, 6.45) is -1.49. The Kier molecular flexibility index (Phi) is 6.96. The molecule has 1 saturated heterocycles. The molecule has 1 amide bonds. The van der Waals surface area contributed by atoms with E-state index < -0.39 is 23.9 Å². The third-order valence-electron chi connectivity index (χ3n) is 5.77. The summed E-state index contributed by atoms with van der Waals surface area (Å²) in [5, 5.41) is 3.36. The van der Waals surface area contributed by atoms with Gasteiger partial charge in [-0.05, 0) is 37.5 Å². The number of ether oxygens (including phenoxy) is 2. The maximum absolute atomic E-state index is 13.4. The number of rotatable bonds is 8. The smallest absolute Gasteiger partial charge is 0.295 e. The number of hydrogen-bond acceptors (Lipinski definition) is 8. The van der Waals surface area contributed by atoms with Gasteiger partial charge in [-0.2, -0.15) is 0 Å². The summed E-state index contributed by atoms with van der Waals surface area (Å²) in [7, 11) is 3.10. The Bertz CT molecular complexity index is 1260. The van der Waals surface area contributed by atoms with Crippen LogP contribution in [0.5, 0.6) is 11.5 Å². The number of thiazole rings is 1. The molecule has 34 heavy (non-hydrogen) atoms. The van der Waals surface area contributed by atoms with Crippen molar-refractivity contribution in [2.75, 3.05) is 25.7 Å². The van der Waals surface area contributed by atoms with Gasteiger partial charge < -0.3 is 19.7 Å². The van der Waals surface area contributed by atoms with Gasteiger partial charge in [-0.3, -0.25) is 14.2 Å². The Balaban J connectivity index is 1.54. The Labute approximate surface area is 198 Å². The number of benzene rings is 1. The largest absolute Gasteiger partial charge is 0.493 e. The summed E-state index contributed by atoms with van der Waals surface area (Å²) < 4.78 is 38.3. The normalized spacial score (nSPS) is 15.8. The molecule has 0 spiro atoms. The number of halogens is 2. The van der Waals surface area contributed by atoms with E-state index in [2.05, 4.69) is 15.3 Å². The lowest BCUT2D eigenvalue weighted by atomic mass is 10.1. The number of nitrogens with one attached hydrogen (secondary N) is 1. The van der Waals surface area contributed by atoms with Crippen LogP contribution in [0.15, 0.2) is 23.0 Å². The molecule has 12 heteroatoms. The van der Waals surface area contributed by atoms with E-state index in [0.717, 1.165) is 27.9 Å². The third-order valence-corrected chi connectivity index (χ3v) is 6.75. The van der Waals surface area contributed by atoms with Crippen LogP contribution in [-0.4, -0.2) is 47.2 Å². The van der Waals surface area contributed by atoms with Gasteiger partial charge in [0.2, 0.25) is 5.91 Å². The predicted octanol–water partition coefficient (Wildman–Crippen LogP) is 3.11. The minimum Gasteiger partial charge on any atom is -0.493 e. The molecule has 1 aliphatic rings. The van der Waals surface area contributed by atoms with Crippen LogP contribution in [0.3, 0.4) is 0 Å². The molecule has 4 rings (SSSR count). The Morgan fingerprint density at radius 3 is 2.71 bits per heavy atom. The van der Waals surface area contributed by atoms with E-state index in [1.165, 1.54) is 0 Å². The third kappa shape index (κ3) is 4.41. The highest BCUT2D eigenvalue weighted by Crippen LogP contribution is 2.33. The van der Waals surface area contributed by atoms with Crippen LogP contribution in [0.25, 0.3) is 10.3 Å². The summed E-state index contributed by atoms with van der Waals surface area (Å²) in [5.74, 6) is 0.417. The van der Waals surface area contributed by atoms with Gasteiger partial charge >= 0.3 is 0 Å². The van der Waals surface area contributed by atoms with Crippen molar-refractivity contribution in [1.29, 1.82) is 0 Å². The van der Waals surface area contributed by atoms with Crippen molar-refractivity contribution in [3.8, 4) is 11.5 Å². The van der Waals surface area contributed by atoms with Crippen molar-refractivity contribution in [3.63, 3.8) is 0 Å². The van der Waals surface area contributed by atoms with E-state index in [0.29, 0.717) is 36.1 Å². The molecule has 0 radical (unpaired) electrons. The van der Waals surface area contributed by atoms with Gasteiger partial charge in [0.15, 0.2) is 32.8 Å². The van der Waals surface area contributed by atoms with E-state index in [-0.39, 0.29) is 22.8 Å². The topological polar surface area (TPSA) is 98.6 Å². The van der Waals surface area contributed by atoms with E-state index in [9.17, 15) is 18.4 Å². The molecule has 182 valence electrons. The molecule has 1 fully saturated rings. The van der Waals surface area contributed by atoms with Crippen LogP contribution in [0.1, 0.15) is 37.6 Å². The zero-order chi connectivity index (χ0) is 24.4. The minimum absolute atomic E-state index is 0.0441. The van der Waals surface area contributed by atoms with Gasteiger partial charge in [-0.15, -0.1) is 0 Å². The van der Waals surface area contributed by atoms with Gasteiger partial charge in [-0.1, -0.05) is 17.4 Å². The number of anilines is 1. The molecule has 9 nitrogen and oxygen atoms in total. The first-order valence-corrected chi connectivity index (χ1v) is 11.6. The van der Waals surface area contributed by atoms with Crippen LogP contribution in [0.2, 0.25) is 0 Å². The predicted molar refractivity (Wildman–Crippen MR) is 124 cm³/mol. The number of aromatic nitrogens is 3. The zero-order valence-electron chi connectivity index (χ0n) is 19.0. The number of carbonyl (C=O) groups is 1. The highest BCUT2D eigenvalue weighted by Gasteiger charge is 2.33. The second-order valence-corrected chi connectivity index (χ2v) is 8.68. The van der Waals surface area contributed by atoms with Gasteiger partial charge in [0, 0.05) is 19.6 Å². The molecule has 2 aromatic heterocycles. The van der Waals surface area contributed by atoms with Crippen LogP contribution < -0.4 is 25.2 Å². The van der Waals surface area contributed by atoms with Crippen LogP contribution in [0, 0.1) is 0 Å². The molecule has 3 heterocycles. The lowest BCUT2D eigenvalue weighted by molar-refractivity contribution is -0.122. The molecular weight excluding hydrogens is 468 g/mol. The first kappa shape index (κ1) is 23.9. The molecule has 0 saturated carbocycles. The highest BCUT2D eigenvalue weighted by atomic mass is 32.1. The van der Waals surface area contributed by atoms with E-state index >= 15 is 0 Å². The average Bonchev–Trinajstić information content (AvgIpc) is 3.49. The maximum Gasteiger partial charge on any atom is 0.295 e. The van der Waals surface area contributed by atoms with Crippen molar-refractivity contribution in [2.45, 2.75) is 45.3 Å². The van der Waals surface area contributed by atoms with Crippen molar-refractivity contribution in [3.05, 3.63) is 39.9 Å². The first-order chi connectivity index (χ1) is 16.4. The number of hydrogen-bond donors (Lipinski definition) is 1. The molecule has 1 unspecified atom stereocenters. The molecule has 1 aromatic carbocycles. The number of nitrogens with zero attached hydrogens (tertiary/aromatic N) is 4. The Hall–Kier alpha value is -3.28. The SMILES string of the molecule is CCn1c(C(F)F)nc2sc(N3CCCC3C(=O)NCc3ccc(OC)c(OC)c3)nc2c1=O. The first-order valence-electron chi connectivity index (χ1n) is 10.8. The van der Waals surface area contributed by atoms with Crippen LogP contribution >= 0.6 is 11.3 Å². The van der Waals surface area contributed by atoms with E-state index in [1.54, 1.807) is 33.3 Å². The second-order valence-electron chi connectivity index (χ2n) is 7.73. The van der Waals surface area contributed by atoms with E-state index in [1.807, 2.05) is 11.0 Å². The van der Waals surface area contributed by atoms with Crippen LogP contribution in [-0.2, 0) is 17.9 Å². The monoisotopic (exact) mass is 493 g/mol. The second kappa shape index (κ2) is 9.92. The highest BCUT2D eigenvalue weighted by molar-refractivity contribution is 7.21. The molecule has 3 aromatic rings. The van der Waals surface area contributed by atoms with Gasteiger partial charge in [0.1, 0.15) is 6.04 Å². The number of fused-ring (bicyclic) bond motifs is 1. The number of amides is 1. The summed E-state index contributed by atoms with van der Waals surface area (Å²) >= 11 is 1.05. The molecule has 1 aliphatic heterocycles. The standard InChI is InChI=1S/C22H25F2N5O4S/c1-4-28-18(17(23)24)27-20-16(21(28)31)26-22(34-20)29-9-5-6-13(29)19(30)25-11-12-7-8-14(32-2)15(10-12)33-3/h7-8,10,13,17H,4-6,9,11H2,1-3H3,(H,25,30). The fourth-order valence-corrected chi connectivity index (χ4v) is 5.09. The fourth-order valence-electron chi connectivity index (χ4n) is 4.07. The minimum atomic E-state index is -2.87. The zero-order valence-corrected chi connectivity index (χ0v) is 19.8. The lowest BCUT2D eigenvalue weighted by Gasteiger charge is -2.23. The Morgan fingerprint density at radius 1 is 1.26 bits per heavy atom. The summed E-state index contributed by atoms with van der Waals surface area (Å²) in [6.45, 7) is 2.54. The number of alkyl halides is 2. The van der Waals surface area contributed by atoms with Crippen molar-refractivity contribution in [1.82, 2.24) is 19.9 Å².